The van der Waals surface area contributed by atoms with E-state index in [4.69, 9.17) is 17.2 Å². The number of carbonyl (C=O) groups excluding carboxylic acids is 3. The summed E-state index contributed by atoms with van der Waals surface area (Å²) < 4.78 is 0. The van der Waals surface area contributed by atoms with Crippen LogP contribution in [0.4, 0.5) is 4.79 Å². The van der Waals surface area contributed by atoms with Gasteiger partial charge in [0, 0.05) is 6.54 Å². The Balaban J connectivity index is 2.77. The highest BCUT2D eigenvalue weighted by atomic mass is 16.4. The topological polar surface area (TPSA) is 203 Å². The van der Waals surface area contributed by atoms with Gasteiger partial charge in [0.15, 0.2) is 0 Å². The molecule has 0 spiro atoms. The Morgan fingerprint density at radius 1 is 0.879 bits per heavy atom. The molecule has 33 heavy (non-hydrogen) atoms. The average molecular weight is 465 g/mol. The van der Waals surface area contributed by atoms with E-state index in [-0.39, 0.29) is 25.8 Å². The van der Waals surface area contributed by atoms with Crippen molar-refractivity contribution in [2.75, 3.05) is 13.1 Å². The number of carboxylic acid groups (broad SMARTS) is 1. The quantitative estimate of drug-likeness (QED) is 0.161. The lowest BCUT2D eigenvalue weighted by Gasteiger charge is -2.23. The Kier molecular flexibility index (Phi) is 13.2. The first kappa shape index (κ1) is 27.9. The minimum atomic E-state index is -1.15. The van der Waals surface area contributed by atoms with Crippen LogP contribution in [0.25, 0.3) is 0 Å². The van der Waals surface area contributed by atoms with Gasteiger partial charge < -0.3 is 38.3 Å². The van der Waals surface area contributed by atoms with Crippen molar-refractivity contribution in [3.05, 3.63) is 35.9 Å². The molecule has 0 aliphatic heterocycles. The molecule has 0 radical (unpaired) electrons. The Labute approximate surface area is 193 Å². The maximum Gasteiger partial charge on any atom is 0.326 e. The van der Waals surface area contributed by atoms with E-state index in [0.717, 1.165) is 5.56 Å². The summed E-state index contributed by atoms with van der Waals surface area (Å²) in [6.07, 6.45) is 2.92. The lowest BCUT2D eigenvalue weighted by atomic mass is 10.0. The number of hydrogen-bond acceptors (Lipinski definition) is 6. The first-order valence-electron chi connectivity index (χ1n) is 11.1. The van der Waals surface area contributed by atoms with Crippen LogP contribution in [0.5, 0.6) is 0 Å². The fourth-order valence-electron chi connectivity index (χ4n) is 3.19. The third-order valence-electron chi connectivity index (χ3n) is 5.09. The highest BCUT2D eigenvalue weighted by Crippen LogP contribution is 2.08. The standard InChI is InChI=1S/C22H36N6O5/c23-13-5-4-10-18(21(31)32)28-20(30)17(12-11-15-7-2-1-3-8-15)27-19(29)16(24)9-6-14-26-22(25)33/h1-3,7-8,16-18H,4-6,9-14,23-24H2,(H,27,29)(H,28,30)(H,31,32)(H3,25,26,33)/t16-,17-,18-/m0/s1. The van der Waals surface area contributed by atoms with Gasteiger partial charge in [0.05, 0.1) is 6.04 Å². The number of carbonyl (C=O) groups is 4. The second kappa shape index (κ2) is 15.6. The van der Waals surface area contributed by atoms with Crippen molar-refractivity contribution in [1.82, 2.24) is 16.0 Å². The van der Waals surface area contributed by atoms with Gasteiger partial charge in [-0.05, 0) is 57.1 Å². The summed E-state index contributed by atoms with van der Waals surface area (Å²) in [6.45, 7) is 0.709. The van der Waals surface area contributed by atoms with E-state index in [1.54, 1.807) is 0 Å². The number of amides is 4. The summed E-state index contributed by atoms with van der Waals surface area (Å²) in [5.41, 5.74) is 17.4. The van der Waals surface area contributed by atoms with Crippen LogP contribution in [0.2, 0.25) is 0 Å². The molecule has 1 aromatic rings. The summed E-state index contributed by atoms with van der Waals surface area (Å²) in [5, 5.41) is 17.0. The Hall–Kier alpha value is -3.18. The summed E-state index contributed by atoms with van der Waals surface area (Å²) in [7, 11) is 0. The largest absolute Gasteiger partial charge is 0.480 e. The number of carboxylic acids is 1. The molecule has 0 bridgehead atoms. The van der Waals surface area contributed by atoms with Gasteiger partial charge in [-0.3, -0.25) is 9.59 Å². The minimum absolute atomic E-state index is 0.240. The zero-order chi connectivity index (χ0) is 24.6. The summed E-state index contributed by atoms with van der Waals surface area (Å²) in [6, 6.07) is 5.84. The molecular formula is C22H36N6O5. The van der Waals surface area contributed by atoms with E-state index in [1.165, 1.54) is 0 Å². The number of primary amides is 1. The predicted octanol–water partition coefficient (Wildman–Crippen LogP) is -0.422. The van der Waals surface area contributed by atoms with Crippen LogP contribution in [0.15, 0.2) is 30.3 Å². The van der Waals surface area contributed by atoms with Crippen molar-refractivity contribution in [3.63, 3.8) is 0 Å². The molecule has 1 aromatic carbocycles. The lowest BCUT2D eigenvalue weighted by molar-refractivity contribution is -0.142. The second-order valence-corrected chi connectivity index (χ2v) is 7.81. The molecular weight excluding hydrogens is 428 g/mol. The van der Waals surface area contributed by atoms with Gasteiger partial charge in [0.25, 0.3) is 0 Å². The van der Waals surface area contributed by atoms with E-state index >= 15 is 0 Å². The fourth-order valence-corrected chi connectivity index (χ4v) is 3.19. The van der Waals surface area contributed by atoms with E-state index < -0.39 is 41.9 Å². The molecule has 0 aliphatic rings. The van der Waals surface area contributed by atoms with Crippen LogP contribution in [0.3, 0.4) is 0 Å². The molecule has 0 saturated heterocycles. The fraction of sp³-hybridized carbons (Fsp3) is 0.545. The van der Waals surface area contributed by atoms with E-state index in [9.17, 15) is 24.3 Å². The number of aliphatic carboxylic acids is 1. The van der Waals surface area contributed by atoms with Crippen LogP contribution in [-0.2, 0) is 20.8 Å². The van der Waals surface area contributed by atoms with E-state index in [0.29, 0.717) is 32.2 Å². The number of unbranched alkanes of at least 4 members (excludes halogenated alkanes) is 1. The molecule has 11 heteroatoms. The molecule has 11 nitrogen and oxygen atoms in total. The molecule has 0 aromatic heterocycles. The third kappa shape index (κ3) is 11.9. The number of hydrogen-bond donors (Lipinski definition) is 7. The third-order valence-corrected chi connectivity index (χ3v) is 5.09. The Bertz CT molecular complexity index is 761. The summed E-state index contributed by atoms with van der Waals surface area (Å²) in [5.74, 6) is -2.26. The van der Waals surface area contributed by atoms with Gasteiger partial charge in [0.2, 0.25) is 11.8 Å². The Morgan fingerprint density at radius 3 is 2.15 bits per heavy atom. The SMILES string of the molecule is NCCCC[C@H](NC(=O)[C@H](CCc1ccccc1)NC(=O)[C@@H](N)CCCNC(N)=O)C(=O)O. The number of nitrogens with one attached hydrogen (secondary N) is 3. The van der Waals surface area contributed by atoms with Crippen LogP contribution < -0.4 is 33.2 Å². The van der Waals surface area contributed by atoms with Crippen molar-refractivity contribution in [1.29, 1.82) is 0 Å². The van der Waals surface area contributed by atoms with Gasteiger partial charge in [0.1, 0.15) is 12.1 Å². The van der Waals surface area contributed by atoms with Crippen molar-refractivity contribution in [3.8, 4) is 0 Å². The highest BCUT2D eigenvalue weighted by Gasteiger charge is 2.27. The molecule has 4 amide bonds. The molecule has 0 aliphatic carbocycles. The first-order valence-corrected chi connectivity index (χ1v) is 11.1. The van der Waals surface area contributed by atoms with Crippen molar-refractivity contribution in [2.24, 2.45) is 17.2 Å². The molecule has 0 saturated carbocycles. The van der Waals surface area contributed by atoms with Gasteiger partial charge in [-0.15, -0.1) is 0 Å². The van der Waals surface area contributed by atoms with Gasteiger partial charge in [-0.25, -0.2) is 9.59 Å². The van der Waals surface area contributed by atoms with Gasteiger partial charge in [-0.2, -0.15) is 0 Å². The zero-order valence-electron chi connectivity index (χ0n) is 18.8. The van der Waals surface area contributed by atoms with Crippen molar-refractivity contribution in [2.45, 2.75) is 63.1 Å². The van der Waals surface area contributed by atoms with Crippen LogP contribution >= 0.6 is 0 Å². The maximum atomic E-state index is 12.9. The number of benzene rings is 1. The van der Waals surface area contributed by atoms with E-state index in [2.05, 4.69) is 16.0 Å². The van der Waals surface area contributed by atoms with Crippen LogP contribution in [-0.4, -0.2) is 60.1 Å². The van der Waals surface area contributed by atoms with Crippen molar-refractivity contribution >= 4 is 23.8 Å². The summed E-state index contributed by atoms with van der Waals surface area (Å²) in [4.78, 5) is 47.7. The molecule has 10 N–H and O–H groups in total. The first-order chi connectivity index (χ1) is 15.7. The Morgan fingerprint density at radius 2 is 1.55 bits per heavy atom. The maximum absolute atomic E-state index is 12.9. The molecule has 0 unspecified atom stereocenters. The zero-order valence-corrected chi connectivity index (χ0v) is 18.8. The number of aryl methyl sites for hydroxylation is 1. The molecule has 0 heterocycles. The van der Waals surface area contributed by atoms with Crippen LogP contribution in [0.1, 0.15) is 44.1 Å². The molecule has 0 fully saturated rings. The van der Waals surface area contributed by atoms with Gasteiger partial charge >= 0.3 is 12.0 Å². The average Bonchev–Trinajstić information content (AvgIpc) is 2.78. The van der Waals surface area contributed by atoms with Gasteiger partial charge in [-0.1, -0.05) is 30.3 Å². The number of rotatable bonds is 16. The smallest absolute Gasteiger partial charge is 0.326 e. The lowest BCUT2D eigenvalue weighted by Crippen LogP contribution is -2.54. The minimum Gasteiger partial charge on any atom is -0.480 e. The van der Waals surface area contributed by atoms with Crippen molar-refractivity contribution < 1.29 is 24.3 Å². The molecule has 1 rings (SSSR count). The van der Waals surface area contributed by atoms with Crippen LogP contribution in [0, 0.1) is 0 Å². The number of urea groups is 1. The predicted molar refractivity (Wildman–Crippen MR) is 124 cm³/mol. The number of nitrogens with two attached hydrogens (primary N) is 3. The summed E-state index contributed by atoms with van der Waals surface area (Å²) >= 11 is 0. The molecule has 3 atom stereocenters. The highest BCUT2D eigenvalue weighted by molar-refractivity contribution is 5.91. The monoisotopic (exact) mass is 464 g/mol. The normalized spacial score (nSPS) is 13.4. The van der Waals surface area contributed by atoms with E-state index in [1.807, 2.05) is 30.3 Å². The molecule has 184 valence electrons. The second-order valence-electron chi connectivity index (χ2n) is 7.81.